The molecule has 1 aliphatic heterocycles. The van der Waals surface area contributed by atoms with E-state index in [4.69, 9.17) is 21.5 Å². The Hall–Kier alpha value is -3.31. The van der Waals surface area contributed by atoms with Crippen LogP contribution in [0.25, 0.3) is 11.0 Å². The number of benzene rings is 2. The summed E-state index contributed by atoms with van der Waals surface area (Å²) in [7, 11) is 4.08. The predicted molar refractivity (Wildman–Crippen MR) is 130 cm³/mol. The van der Waals surface area contributed by atoms with Gasteiger partial charge in [-0.3, -0.25) is 4.90 Å². The second kappa shape index (κ2) is 11.6. The molecule has 1 atom stereocenters. The molecule has 0 radical (unpaired) electrons. The third-order valence-electron chi connectivity index (χ3n) is 5.92. The van der Waals surface area contributed by atoms with E-state index in [1.54, 1.807) is 0 Å². The van der Waals surface area contributed by atoms with Gasteiger partial charge in [-0.15, -0.1) is 0 Å². The summed E-state index contributed by atoms with van der Waals surface area (Å²) in [6, 6.07) is 16.4. The Morgan fingerprint density at radius 1 is 1.22 bits per heavy atom. The molecule has 12 heteroatoms. The number of nitrogens with zero attached hydrogens (tertiary/aromatic N) is 4. The molecule has 0 spiro atoms. The van der Waals surface area contributed by atoms with Crippen LogP contribution in [-0.2, 0) is 24.9 Å². The van der Waals surface area contributed by atoms with Crippen molar-refractivity contribution in [2.75, 3.05) is 20.1 Å². The van der Waals surface area contributed by atoms with Crippen molar-refractivity contribution in [3.05, 3.63) is 64.9 Å². The van der Waals surface area contributed by atoms with E-state index in [-0.39, 0.29) is 6.03 Å². The number of carbonyl (C=O) groups is 2. The maximum Gasteiger partial charge on any atom is 0.490 e. The Morgan fingerprint density at radius 3 is 2.53 bits per heavy atom. The third-order valence-corrected chi connectivity index (χ3v) is 6.16. The number of aryl methyl sites for hydroxylation is 1. The molecule has 1 aromatic heterocycles. The number of hydrogen-bond acceptors (Lipinski definition) is 4. The molecule has 2 amide bonds. The van der Waals surface area contributed by atoms with Crippen LogP contribution in [0.1, 0.15) is 17.8 Å². The van der Waals surface area contributed by atoms with Gasteiger partial charge in [0.15, 0.2) is 0 Å². The van der Waals surface area contributed by atoms with Gasteiger partial charge >= 0.3 is 18.2 Å². The highest BCUT2D eigenvalue weighted by molar-refractivity contribution is 6.31. The Labute approximate surface area is 211 Å². The van der Waals surface area contributed by atoms with Crippen molar-refractivity contribution in [2.24, 2.45) is 7.05 Å². The fraction of sp³-hybridized carbons (Fsp3) is 0.375. The van der Waals surface area contributed by atoms with E-state index in [0.29, 0.717) is 17.6 Å². The molecule has 36 heavy (non-hydrogen) atoms. The molecule has 4 rings (SSSR count). The summed E-state index contributed by atoms with van der Waals surface area (Å²) in [6.45, 7) is 2.80. The van der Waals surface area contributed by atoms with Crippen LogP contribution in [-0.4, -0.2) is 68.8 Å². The average molecular weight is 526 g/mol. The molecule has 2 heterocycles. The first-order valence-corrected chi connectivity index (χ1v) is 11.5. The highest BCUT2D eigenvalue weighted by Crippen LogP contribution is 2.20. The van der Waals surface area contributed by atoms with Gasteiger partial charge in [0.25, 0.3) is 0 Å². The van der Waals surface area contributed by atoms with Crippen LogP contribution in [0.3, 0.4) is 0 Å². The molecule has 3 aromatic rings. The smallest absolute Gasteiger partial charge is 0.475 e. The van der Waals surface area contributed by atoms with Crippen LogP contribution < -0.4 is 5.32 Å². The highest BCUT2D eigenvalue weighted by atomic mass is 35.5. The number of aliphatic carboxylic acids is 1. The molecule has 8 nitrogen and oxygen atoms in total. The van der Waals surface area contributed by atoms with Crippen LogP contribution in [0.5, 0.6) is 0 Å². The lowest BCUT2D eigenvalue weighted by Crippen LogP contribution is -2.41. The van der Waals surface area contributed by atoms with Crippen molar-refractivity contribution in [3.63, 3.8) is 0 Å². The average Bonchev–Trinajstić information content (AvgIpc) is 3.43. The Morgan fingerprint density at radius 2 is 1.89 bits per heavy atom. The largest absolute Gasteiger partial charge is 0.490 e. The zero-order chi connectivity index (χ0) is 26.5. The minimum Gasteiger partial charge on any atom is -0.475 e. The van der Waals surface area contributed by atoms with Crippen LogP contribution in [0.4, 0.5) is 18.0 Å². The van der Waals surface area contributed by atoms with E-state index in [1.807, 2.05) is 40.8 Å². The number of alkyl halides is 3. The molecule has 1 unspecified atom stereocenters. The van der Waals surface area contributed by atoms with E-state index >= 15 is 0 Å². The summed E-state index contributed by atoms with van der Waals surface area (Å²) < 4.78 is 33.7. The molecule has 2 N–H and O–H groups in total. The lowest BCUT2D eigenvalue weighted by atomic mass is 10.1. The normalized spacial score (nSPS) is 15.6. The quantitative estimate of drug-likeness (QED) is 0.519. The summed E-state index contributed by atoms with van der Waals surface area (Å²) in [6.07, 6.45) is -4.10. The first-order chi connectivity index (χ1) is 17.0. The number of aromatic nitrogens is 2. The van der Waals surface area contributed by atoms with Crippen LogP contribution in [0.2, 0.25) is 5.02 Å². The van der Waals surface area contributed by atoms with E-state index in [9.17, 15) is 18.0 Å². The summed E-state index contributed by atoms with van der Waals surface area (Å²) in [5.41, 5.74) is 3.13. The second-order valence-corrected chi connectivity index (χ2v) is 8.91. The van der Waals surface area contributed by atoms with Crippen LogP contribution >= 0.6 is 11.6 Å². The zero-order valence-electron chi connectivity index (χ0n) is 19.8. The minimum atomic E-state index is -5.08. The first-order valence-electron chi connectivity index (χ1n) is 11.1. The van der Waals surface area contributed by atoms with E-state index in [1.165, 1.54) is 5.56 Å². The summed E-state index contributed by atoms with van der Waals surface area (Å²) in [5, 5.41) is 10.8. The van der Waals surface area contributed by atoms with E-state index in [0.717, 1.165) is 42.9 Å². The second-order valence-electron chi connectivity index (χ2n) is 8.47. The number of rotatable bonds is 5. The number of carboxylic acids is 1. The summed E-state index contributed by atoms with van der Waals surface area (Å²) in [5.74, 6) is -1.94. The standard InChI is InChI=1S/C22H26ClN5O.C2HF3O2/c1-26(14-16-6-4-3-5-7-16)18-10-11-28(15-18)22(29)24-13-21-25-19-12-17(23)8-9-20(19)27(21)2;3-2(4,5)1(6)7/h3-9,12,18H,10-11,13-15H2,1-2H3,(H,24,29);(H,6,7). The lowest BCUT2D eigenvalue weighted by molar-refractivity contribution is -0.192. The maximum absolute atomic E-state index is 12.7. The Bertz CT molecular complexity index is 1200. The molecular weight excluding hydrogens is 499 g/mol. The number of likely N-dealkylation sites (N-methyl/N-ethyl adjacent to an activating group) is 1. The fourth-order valence-corrected chi connectivity index (χ4v) is 4.10. The molecule has 1 aliphatic rings. The number of nitrogens with one attached hydrogen (secondary N) is 1. The van der Waals surface area contributed by atoms with Gasteiger partial charge in [0, 0.05) is 37.7 Å². The Kier molecular flexibility index (Phi) is 8.80. The Balaban J connectivity index is 0.000000454. The third kappa shape index (κ3) is 7.11. The topological polar surface area (TPSA) is 90.7 Å². The van der Waals surface area contributed by atoms with Gasteiger partial charge in [-0.05, 0) is 37.2 Å². The van der Waals surface area contributed by atoms with Crippen molar-refractivity contribution < 1.29 is 27.9 Å². The van der Waals surface area contributed by atoms with Crippen LogP contribution in [0.15, 0.2) is 48.5 Å². The molecule has 194 valence electrons. The molecule has 0 aliphatic carbocycles. The van der Waals surface area contributed by atoms with Crippen molar-refractivity contribution in [1.29, 1.82) is 0 Å². The number of hydrogen-bond donors (Lipinski definition) is 2. The number of amides is 2. The number of carbonyl (C=O) groups excluding carboxylic acids is 1. The highest BCUT2D eigenvalue weighted by Gasteiger charge is 2.38. The van der Waals surface area contributed by atoms with Gasteiger partial charge in [0.2, 0.25) is 0 Å². The lowest BCUT2D eigenvalue weighted by Gasteiger charge is -2.24. The van der Waals surface area contributed by atoms with E-state index < -0.39 is 12.1 Å². The molecule has 0 bridgehead atoms. The van der Waals surface area contributed by atoms with Gasteiger partial charge in [-0.2, -0.15) is 13.2 Å². The van der Waals surface area contributed by atoms with E-state index in [2.05, 4.69) is 46.5 Å². The molecule has 0 saturated carbocycles. The van der Waals surface area contributed by atoms with Gasteiger partial charge in [-0.1, -0.05) is 41.9 Å². The van der Waals surface area contributed by atoms with Crippen molar-refractivity contribution in [1.82, 2.24) is 24.7 Å². The monoisotopic (exact) mass is 525 g/mol. The predicted octanol–water partition coefficient (Wildman–Crippen LogP) is 4.28. The van der Waals surface area contributed by atoms with Crippen molar-refractivity contribution in [3.8, 4) is 0 Å². The molecule has 1 fully saturated rings. The number of halogens is 4. The molecule has 2 aromatic carbocycles. The maximum atomic E-state index is 12.7. The number of urea groups is 1. The first kappa shape index (κ1) is 27.3. The summed E-state index contributed by atoms with van der Waals surface area (Å²) in [4.78, 5) is 30.4. The number of likely N-dealkylation sites (tertiary alicyclic amines) is 1. The van der Waals surface area contributed by atoms with Gasteiger partial charge in [-0.25, -0.2) is 14.6 Å². The molecule has 1 saturated heterocycles. The SMILES string of the molecule is CN(Cc1ccccc1)C1CCN(C(=O)NCc2nc3cc(Cl)ccc3n2C)C1.O=C(O)C(F)(F)F. The molecular formula is C24H27ClF3N5O3. The zero-order valence-corrected chi connectivity index (χ0v) is 20.6. The summed E-state index contributed by atoms with van der Waals surface area (Å²) >= 11 is 6.05. The van der Waals surface area contributed by atoms with Gasteiger partial charge in [0.1, 0.15) is 5.82 Å². The van der Waals surface area contributed by atoms with Crippen LogP contribution in [0, 0.1) is 0 Å². The number of carboxylic acid groups (broad SMARTS) is 1. The number of fused-ring (bicyclic) bond motifs is 1. The number of imidazole rings is 1. The fourth-order valence-electron chi connectivity index (χ4n) is 3.93. The van der Waals surface area contributed by atoms with Gasteiger partial charge in [0.05, 0.1) is 17.6 Å². The van der Waals surface area contributed by atoms with Crippen molar-refractivity contribution in [2.45, 2.75) is 31.7 Å². The van der Waals surface area contributed by atoms with Crippen molar-refractivity contribution >= 4 is 34.6 Å². The van der Waals surface area contributed by atoms with Gasteiger partial charge < -0.3 is 19.9 Å². The minimum absolute atomic E-state index is 0.0364.